The number of carbonyl (C=O) groups is 1. The van der Waals surface area contributed by atoms with Crippen LogP contribution in [0.3, 0.4) is 0 Å². The van der Waals surface area contributed by atoms with Crippen molar-refractivity contribution in [2.24, 2.45) is 5.73 Å². The Morgan fingerprint density at radius 3 is 2.41 bits per heavy atom. The second-order valence-corrected chi connectivity index (χ2v) is 7.40. The normalized spacial score (nSPS) is 17.1. The molecule has 0 radical (unpaired) electrons. The molecule has 27 heavy (non-hydrogen) atoms. The third-order valence-corrected chi connectivity index (χ3v) is 5.51. The van der Waals surface area contributed by atoms with E-state index in [9.17, 15) is 4.79 Å². The molecule has 1 saturated heterocycles. The Morgan fingerprint density at radius 2 is 1.81 bits per heavy atom. The van der Waals surface area contributed by atoms with Crippen LogP contribution in [-0.4, -0.2) is 51.7 Å². The summed E-state index contributed by atoms with van der Waals surface area (Å²) in [6, 6.07) is 9.50. The first-order valence-corrected chi connectivity index (χ1v) is 9.84. The van der Waals surface area contributed by atoms with Gasteiger partial charge in [0.25, 0.3) is 0 Å². The van der Waals surface area contributed by atoms with Crippen molar-refractivity contribution in [3.63, 3.8) is 0 Å². The van der Waals surface area contributed by atoms with E-state index < -0.39 is 0 Å². The molecule has 1 aromatic carbocycles. The Morgan fingerprint density at radius 1 is 1.15 bits per heavy atom. The van der Waals surface area contributed by atoms with Gasteiger partial charge in [0.2, 0.25) is 5.91 Å². The largest absolute Gasteiger partial charge is 0.368 e. The van der Waals surface area contributed by atoms with E-state index in [2.05, 4.69) is 40.4 Å². The molecule has 0 spiro atoms. The van der Waals surface area contributed by atoms with Crippen LogP contribution in [0.5, 0.6) is 0 Å². The number of benzene rings is 1. The molecular formula is C21H31N5O. The first-order chi connectivity index (χ1) is 13.0. The number of aromatic nitrogens is 2. The zero-order valence-electron chi connectivity index (χ0n) is 16.7. The molecule has 1 unspecified atom stereocenters. The summed E-state index contributed by atoms with van der Waals surface area (Å²) in [6.45, 7) is 11.9. The SMILES string of the molecule is CCCn1nc(C)c(CN2CCN(C(C(N)=O)c3ccccc3)CC2)c1C. The van der Waals surface area contributed by atoms with Crippen LogP contribution < -0.4 is 5.73 Å². The van der Waals surface area contributed by atoms with Crippen molar-refractivity contribution < 1.29 is 4.79 Å². The van der Waals surface area contributed by atoms with Gasteiger partial charge in [0.15, 0.2) is 0 Å². The van der Waals surface area contributed by atoms with Crippen molar-refractivity contribution in [2.75, 3.05) is 26.2 Å². The monoisotopic (exact) mass is 369 g/mol. The second-order valence-electron chi connectivity index (χ2n) is 7.40. The summed E-state index contributed by atoms with van der Waals surface area (Å²) in [5, 5.41) is 4.69. The number of hydrogen-bond acceptors (Lipinski definition) is 4. The number of rotatable bonds is 7. The molecule has 2 heterocycles. The summed E-state index contributed by atoms with van der Waals surface area (Å²) in [5.74, 6) is -0.276. The van der Waals surface area contributed by atoms with Gasteiger partial charge in [-0.05, 0) is 25.8 Å². The minimum Gasteiger partial charge on any atom is -0.368 e. The molecule has 1 amide bonds. The lowest BCUT2D eigenvalue weighted by Crippen LogP contribution is -2.50. The third kappa shape index (κ3) is 4.39. The Labute approximate surface area is 161 Å². The standard InChI is InChI=1S/C21H31N5O/c1-4-10-26-17(3)19(16(2)23-26)15-24-11-13-25(14-12-24)20(21(22)27)18-8-6-5-7-9-18/h5-9,20H,4,10-15H2,1-3H3,(H2,22,27). The lowest BCUT2D eigenvalue weighted by molar-refractivity contribution is -0.124. The van der Waals surface area contributed by atoms with Crippen LogP contribution in [-0.2, 0) is 17.9 Å². The molecule has 1 aliphatic heterocycles. The number of aryl methyl sites for hydroxylation is 2. The highest BCUT2D eigenvalue weighted by atomic mass is 16.1. The van der Waals surface area contributed by atoms with Crippen LogP contribution in [0.4, 0.5) is 0 Å². The Hall–Kier alpha value is -2.18. The van der Waals surface area contributed by atoms with Gasteiger partial charge in [-0.25, -0.2) is 0 Å². The van der Waals surface area contributed by atoms with E-state index in [1.165, 1.54) is 11.3 Å². The molecule has 2 aromatic rings. The van der Waals surface area contributed by atoms with Gasteiger partial charge in [0.1, 0.15) is 6.04 Å². The summed E-state index contributed by atoms with van der Waals surface area (Å²) in [6.07, 6.45) is 1.09. The number of carbonyl (C=O) groups excluding carboxylic acids is 1. The maximum absolute atomic E-state index is 12.1. The molecule has 0 saturated carbocycles. The van der Waals surface area contributed by atoms with Gasteiger partial charge in [-0.15, -0.1) is 0 Å². The Kier molecular flexibility index (Phi) is 6.29. The van der Waals surface area contributed by atoms with Crippen LogP contribution in [0.25, 0.3) is 0 Å². The lowest BCUT2D eigenvalue weighted by Gasteiger charge is -2.38. The number of hydrogen-bond donors (Lipinski definition) is 1. The van der Waals surface area contributed by atoms with Gasteiger partial charge < -0.3 is 5.73 Å². The van der Waals surface area contributed by atoms with Crippen LogP contribution in [0.1, 0.15) is 41.9 Å². The fourth-order valence-electron chi connectivity index (χ4n) is 3.99. The summed E-state index contributed by atoms with van der Waals surface area (Å²) in [7, 11) is 0. The Bertz CT molecular complexity index is 762. The van der Waals surface area contributed by atoms with Crippen LogP contribution in [0.2, 0.25) is 0 Å². The molecule has 146 valence electrons. The summed E-state index contributed by atoms with van der Waals surface area (Å²) < 4.78 is 2.12. The molecule has 3 rings (SSSR count). The minimum absolute atomic E-state index is 0.276. The predicted molar refractivity (Wildman–Crippen MR) is 107 cm³/mol. The summed E-state index contributed by atoms with van der Waals surface area (Å²) in [5.41, 5.74) is 10.4. The summed E-state index contributed by atoms with van der Waals surface area (Å²) in [4.78, 5) is 16.7. The van der Waals surface area contributed by atoms with Crippen LogP contribution in [0.15, 0.2) is 30.3 Å². The van der Waals surface area contributed by atoms with Gasteiger partial charge in [-0.2, -0.15) is 5.10 Å². The molecule has 2 N–H and O–H groups in total. The first-order valence-electron chi connectivity index (χ1n) is 9.84. The molecule has 6 heteroatoms. The number of nitrogens with zero attached hydrogens (tertiary/aromatic N) is 4. The maximum Gasteiger partial charge on any atom is 0.239 e. The quantitative estimate of drug-likeness (QED) is 0.813. The van der Waals surface area contributed by atoms with Crippen molar-refractivity contribution in [1.29, 1.82) is 0 Å². The van der Waals surface area contributed by atoms with Gasteiger partial charge in [-0.3, -0.25) is 19.3 Å². The van der Waals surface area contributed by atoms with Gasteiger partial charge >= 0.3 is 0 Å². The Balaban J connectivity index is 1.64. The van der Waals surface area contributed by atoms with E-state index in [4.69, 9.17) is 5.73 Å². The predicted octanol–water partition coefficient (Wildman–Crippen LogP) is 2.25. The van der Waals surface area contributed by atoms with E-state index >= 15 is 0 Å². The van der Waals surface area contributed by atoms with E-state index in [-0.39, 0.29) is 11.9 Å². The molecule has 1 atom stereocenters. The highest BCUT2D eigenvalue weighted by Gasteiger charge is 2.29. The highest BCUT2D eigenvalue weighted by molar-refractivity contribution is 5.81. The van der Waals surface area contributed by atoms with Crippen molar-refractivity contribution >= 4 is 5.91 Å². The van der Waals surface area contributed by atoms with Crippen molar-refractivity contribution in [3.8, 4) is 0 Å². The minimum atomic E-state index is -0.343. The van der Waals surface area contributed by atoms with Gasteiger partial charge in [0.05, 0.1) is 5.69 Å². The zero-order chi connectivity index (χ0) is 19.4. The topological polar surface area (TPSA) is 67.4 Å². The molecule has 0 aliphatic carbocycles. The van der Waals surface area contributed by atoms with Crippen molar-refractivity contribution in [3.05, 3.63) is 52.8 Å². The molecule has 6 nitrogen and oxygen atoms in total. The highest BCUT2D eigenvalue weighted by Crippen LogP contribution is 2.23. The van der Waals surface area contributed by atoms with Crippen LogP contribution >= 0.6 is 0 Å². The van der Waals surface area contributed by atoms with Gasteiger partial charge in [0, 0.05) is 50.5 Å². The molecule has 0 bridgehead atoms. The number of nitrogens with two attached hydrogens (primary N) is 1. The number of primary amides is 1. The van der Waals surface area contributed by atoms with Gasteiger partial charge in [-0.1, -0.05) is 37.3 Å². The maximum atomic E-state index is 12.1. The van der Waals surface area contributed by atoms with E-state index in [0.29, 0.717) is 0 Å². The second kappa shape index (κ2) is 8.67. The van der Waals surface area contributed by atoms with Crippen molar-refractivity contribution in [1.82, 2.24) is 19.6 Å². The molecule has 1 fully saturated rings. The number of piperazine rings is 1. The van der Waals surface area contributed by atoms with Crippen LogP contribution in [0, 0.1) is 13.8 Å². The lowest BCUT2D eigenvalue weighted by atomic mass is 10.0. The fraction of sp³-hybridized carbons (Fsp3) is 0.524. The average molecular weight is 370 g/mol. The molecule has 1 aromatic heterocycles. The van der Waals surface area contributed by atoms with E-state index in [1.54, 1.807) is 0 Å². The molecule has 1 aliphatic rings. The first kappa shape index (κ1) is 19.6. The summed E-state index contributed by atoms with van der Waals surface area (Å²) >= 11 is 0. The molecular weight excluding hydrogens is 338 g/mol. The number of amides is 1. The zero-order valence-corrected chi connectivity index (χ0v) is 16.7. The van der Waals surface area contributed by atoms with E-state index in [1.807, 2.05) is 30.3 Å². The average Bonchev–Trinajstić information content (AvgIpc) is 2.92. The van der Waals surface area contributed by atoms with E-state index in [0.717, 1.165) is 56.9 Å². The fourth-order valence-corrected chi connectivity index (χ4v) is 3.99. The smallest absolute Gasteiger partial charge is 0.239 e. The third-order valence-electron chi connectivity index (χ3n) is 5.51. The van der Waals surface area contributed by atoms with Crippen molar-refractivity contribution in [2.45, 2.75) is 46.3 Å².